The summed E-state index contributed by atoms with van der Waals surface area (Å²) in [7, 11) is 0. The number of hydrogen-bond donors (Lipinski definition) is 1. The summed E-state index contributed by atoms with van der Waals surface area (Å²) in [6, 6.07) is 6.02. The fraction of sp³-hybridized carbons (Fsp3) is 0.462. The lowest BCUT2D eigenvalue weighted by molar-refractivity contribution is -0.00548. The first-order chi connectivity index (χ1) is 7.72. The summed E-state index contributed by atoms with van der Waals surface area (Å²) in [5, 5.41) is 12.5. The molecule has 1 aromatic rings. The van der Waals surface area contributed by atoms with Gasteiger partial charge in [0.25, 0.3) is 0 Å². The summed E-state index contributed by atoms with van der Waals surface area (Å²) in [6.45, 7) is 2.04. The van der Waals surface area contributed by atoms with E-state index in [4.69, 9.17) is 9.94 Å². The molecule has 1 saturated carbocycles. The summed E-state index contributed by atoms with van der Waals surface area (Å²) in [6.07, 6.45) is 4.08. The smallest absolute Gasteiger partial charge is 0.129 e. The fourth-order valence-corrected chi connectivity index (χ4v) is 2.56. The molecular formula is C13H15NO2. The molecule has 16 heavy (non-hydrogen) atoms. The Bertz CT molecular complexity index is 461. The monoisotopic (exact) mass is 217 g/mol. The van der Waals surface area contributed by atoms with Gasteiger partial charge < -0.3 is 9.94 Å². The van der Waals surface area contributed by atoms with Gasteiger partial charge in [-0.25, -0.2) is 0 Å². The Balaban J connectivity index is 2.08. The van der Waals surface area contributed by atoms with E-state index in [0.29, 0.717) is 0 Å². The highest BCUT2D eigenvalue weighted by molar-refractivity contribution is 6.04. The second-order valence-corrected chi connectivity index (χ2v) is 4.86. The molecule has 84 valence electrons. The van der Waals surface area contributed by atoms with Crippen molar-refractivity contribution < 1.29 is 9.94 Å². The van der Waals surface area contributed by atoms with Gasteiger partial charge in [0, 0.05) is 12.0 Å². The maximum absolute atomic E-state index is 9.09. The lowest BCUT2D eigenvalue weighted by Crippen LogP contribution is -2.47. The fourth-order valence-electron chi connectivity index (χ4n) is 2.56. The van der Waals surface area contributed by atoms with Crippen molar-refractivity contribution in [1.82, 2.24) is 0 Å². The molecule has 0 saturated heterocycles. The van der Waals surface area contributed by atoms with Crippen molar-refractivity contribution in [1.29, 1.82) is 0 Å². The number of hydrogen-bond acceptors (Lipinski definition) is 3. The Morgan fingerprint density at radius 1 is 1.38 bits per heavy atom. The van der Waals surface area contributed by atoms with E-state index in [1.165, 1.54) is 12.0 Å². The van der Waals surface area contributed by atoms with Gasteiger partial charge in [0.15, 0.2) is 0 Å². The number of rotatable bonds is 0. The minimum Gasteiger partial charge on any atom is -0.486 e. The maximum atomic E-state index is 9.09. The first kappa shape index (κ1) is 9.70. The van der Waals surface area contributed by atoms with Gasteiger partial charge in [0.2, 0.25) is 0 Å². The molecule has 0 aromatic heterocycles. The van der Waals surface area contributed by atoms with E-state index in [1.807, 2.05) is 25.1 Å². The molecule has 1 N–H and O–H groups in total. The second-order valence-electron chi connectivity index (χ2n) is 4.86. The molecular weight excluding hydrogens is 202 g/mol. The van der Waals surface area contributed by atoms with Crippen LogP contribution in [0, 0.1) is 6.92 Å². The number of benzene rings is 1. The number of oxime groups is 1. The molecule has 1 aliphatic carbocycles. The first-order valence-corrected chi connectivity index (χ1v) is 5.73. The third-order valence-corrected chi connectivity index (χ3v) is 3.65. The average molecular weight is 217 g/mol. The molecule has 0 bridgehead atoms. The predicted molar refractivity (Wildman–Crippen MR) is 61.3 cm³/mol. The molecule has 0 amide bonds. The van der Waals surface area contributed by atoms with Crippen molar-refractivity contribution in [3.63, 3.8) is 0 Å². The number of ether oxygens (including phenoxy) is 1. The highest BCUT2D eigenvalue weighted by Gasteiger charge is 2.44. The van der Waals surface area contributed by atoms with E-state index in [9.17, 15) is 0 Å². The highest BCUT2D eigenvalue weighted by Crippen LogP contribution is 2.45. The minimum atomic E-state index is -0.0810. The van der Waals surface area contributed by atoms with Crippen LogP contribution in [0.25, 0.3) is 0 Å². The van der Waals surface area contributed by atoms with Crippen LogP contribution >= 0.6 is 0 Å². The second kappa shape index (κ2) is 3.24. The van der Waals surface area contributed by atoms with Crippen LogP contribution in [0.1, 0.15) is 36.8 Å². The number of aryl methyl sites for hydroxylation is 1. The quantitative estimate of drug-likeness (QED) is 0.536. The molecule has 1 heterocycles. The minimum absolute atomic E-state index is 0.0810. The Kier molecular flexibility index (Phi) is 1.96. The molecule has 0 unspecified atom stereocenters. The molecule has 0 atom stereocenters. The zero-order valence-electron chi connectivity index (χ0n) is 9.36. The van der Waals surface area contributed by atoms with E-state index in [-0.39, 0.29) is 5.60 Å². The first-order valence-electron chi connectivity index (χ1n) is 5.73. The van der Waals surface area contributed by atoms with Crippen LogP contribution in [0.4, 0.5) is 0 Å². The van der Waals surface area contributed by atoms with Gasteiger partial charge in [-0.3, -0.25) is 0 Å². The zero-order valence-corrected chi connectivity index (χ0v) is 9.36. The van der Waals surface area contributed by atoms with Crippen LogP contribution < -0.4 is 4.74 Å². The summed E-state index contributed by atoms with van der Waals surface area (Å²) in [5.41, 5.74) is 2.79. The van der Waals surface area contributed by atoms with E-state index in [1.54, 1.807) is 0 Å². The Labute approximate surface area is 94.7 Å². The van der Waals surface area contributed by atoms with Crippen LogP contribution in [0.3, 0.4) is 0 Å². The number of nitrogens with zero attached hydrogens (tertiary/aromatic N) is 1. The van der Waals surface area contributed by atoms with Crippen LogP contribution in [0.15, 0.2) is 23.4 Å². The van der Waals surface area contributed by atoms with E-state index in [0.717, 1.165) is 36.3 Å². The van der Waals surface area contributed by atoms with Gasteiger partial charge in [-0.15, -0.1) is 0 Å². The van der Waals surface area contributed by atoms with E-state index < -0.39 is 0 Å². The third kappa shape index (κ3) is 1.31. The van der Waals surface area contributed by atoms with Crippen molar-refractivity contribution in [3.05, 3.63) is 29.3 Å². The lowest BCUT2D eigenvalue weighted by Gasteiger charge is -2.45. The SMILES string of the molecule is Cc1ccc2c(c1)OC1(CCC1)CC2=NO. The molecule has 3 nitrogen and oxygen atoms in total. The Morgan fingerprint density at radius 3 is 2.81 bits per heavy atom. The molecule has 1 aromatic carbocycles. The van der Waals surface area contributed by atoms with Crippen LogP contribution in [-0.4, -0.2) is 16.5 Å². The van der Waals surface area contributed by atoms with E-state index >= 15 is 0 Å². The van der Waals surface area contributed by atoms with Crippen molar-refractivity contribution >= 4 is 5.71 Å². The summed E-state index contributed by atoms with van der Waals surface area (Å²) in [4.78, 5) is 0. The van der Waals surface area contributed by atoms with Crippen LogP contribution in [0.5, 0.6) is 5.75 Å². The van der Waals surface area contributed by atoms with Crippen molar-refractivity contribution in [3.8, 4) is 5.75 Å². The molecule has 3 rings (SSSR count). The van der Waals surface area contributed by atoms with Gasteiger partial charge >= 0.3 is 0 Å². The van der Waals surface area contributed by atoms with E-state index in [2.05, 4.69) is 5.16 Å². The van der Waals surface area contributed by atoms with Gasteiger partial charge in [-0.05, 0) is 43.9 Å². The van der Waals surface area contributed by atoms with Crippen molar-refractivity contribution in [2.45, 2.75) is 38.2 Å². The zero-order chi connectivity index (χ0) is 11.2. The average Bonchev–Trinajstić information content (AvgIpc) is 2.24. The molecule has 1 spiro atoms. The maximum Gasteiger partial charge on any atom is 0.129 e. The molecule has 3 heteroatoms. The van der Waals surface area contributed by atoms with Gasteiger partial charge in [-0.2, -0.15) is 0 Å². The van der Waals surface area contributed by atoms with Gasteiger partial charge in [0.05, 0.1) is 5.71 Å². The van der Waals surface area contributed by atoms with Crippen LogP contribution in [0.2, 0.25) is 0 Å². The standard InChI is InChI=1S/C13H15NO2/c1-9-3-4-10-11(14-15)8-13(5-2-6-13)16-12(10)7-9/h3-4,7,15H,2,5-6,8H2,1H3. The van der Waals surface area contributed by atoms with Crippen molar-refractivity contribution in [2.75, 3.05) is 0 Å². The Morgan fingerprint density at radius 2 is 2.19 bits per heavy atom. The van der Waals surface area contributed by atoms with Gasteiger partial charge in [0.1, 0.15) is 11.4 Å². The normalized spacial score (nSPS) is 23.7. The molecule has 1 aliphatic heterocycles. The molecule has 1 fully saturated rings. The Hall–Kier alpha value is -1.51. The van der Waals surface area contributed by atoms with Crippen molar-refractivity contribution in [2.24, 2.45) is 5.16 Å². The summed E-state index contributed by atoms with van der Waals surface area (Å²) < 4.78 is 6.08. The largest absolute Gasteiger partial charge is 0.486 e. The third-order valence-electron chi connectivity index (χ3n) is 3.65. The van der Waals surface area contributed by atoms with Crippen LogP contribution in [-0.2, 0) is 0 Å². The lowest BCUT2D eigenvalue weighted by atomic mass is 9.74. The summed E-state index contributed by atoms with van der Waals surface area (Å²) >= 11 is 0. The molecule has 0 radical (unpaired) electrons. The topological polar surface area (TPSA) is 41.8 Å². The number of fused-ring (bicyclic) bond motifs is 1. The molecule has 2 aliphatic rings. The van der Waals surface area contributed by atoms with Gasteiger partial charge in [-0.1, -0.05) is 11.2 Å². The highest BCUT2D eigenvalue weighted by atomic mass is 16.5. The summed E-state index contributed by atoms with van der Waals surface area (Å²) in [5.74, 6) is 0.874. The predicted octanol–water partition coefficient (Wildman–Crippen LogP) is 2.88.